The topological polar surface area (TPSA) is 143 Å². The maximum atomic E-state index is 13.7. The van der Waals surface area contributed by atoms with E-state index in [2.05, 4.69) is 20.0 Å². The number of sulfonamides is 1. The van der Waals surface area contributed by atoms with Gasteiger partial charge in [-0.1, -0.05) is 26.0 Å². The zero-order valence-corrected chi connectivity index (χ0v) is 21.5. The third-order valence-corrected chi connectivity index (χ3v) is 7.55. The van der Waals surface area contributed by atoms with Gasteiger partial charge in [-0.2, -0.15) is 8.42 Å². The largest absolute Gasteiger partial charge is 0.506 e. The van der Waals surface area contributed by atoms with Crippen molar-refractivity contribution in [3.8, 4) is 5.75 Å². The number of nitrogens with one attached hydrogen (secondary N) is 2. The molecule has 194 valence electrons. The van der Waals surface area contributed by atoms with Crippen LogP contribution in [0.4, 0.5) is 11.4 Å². The van der Waals surface area contributed by atoms with E-state index in [0.717, 1.165) is 0 Å². The molecule has 5 rings (SSSR count). The Hall–Kier alpha value is -4.51. The van der Waals surface area contributed by atoms with Crippen LogP contribution in [0.5, 0.6) is 5.75 Å². The standard InChI is InChI=1S/C27H25N5O5S/c1-16(2)11-13-32-21-10-9-18(29-26(34)17-6-5-12-28-15-17)14-19(21)24(33)23(27(32)35)25-30-20-7-3-4-8-22(20)38(36,37)31-25/h3-10,12,14-16,33H,11,13H2,1-2H3,(H,29,34)(H,30,31). The number of aryl methyl sites for hydroxylation is 1. The van der Waals surface area contributed by atoms with Crippen LogP contribution < -0.4 is 16.2 Å². The molecule has 0 atom stereocenters. The predicted molar refractivity (Wildman–Crippen MR) is 145 cm³/mol. The zero-order chi connectivity index (χ0) is 27.0. The maximum Gasteiger partial charge on any atom is 0.286 e. The van der Waals surface area contributed by atoms with Gasteiger partial charge in [0.05, 0.1) is 16.8 Å². The molecule has 2 aromatic carbocycles. The van der Waals surface area contributed by atoms with Crippen molar-refractivity contribution in [1.82, 2.24) is 9.55 Å². The fourth-order valence-corrected chi connectivity index (χ4v) is 5.39. The summed E-state index contributed by atoms with van der Waals surface area (Å²) < 4.78 is 31.1. The van der Waals surface area contributed by atoms with Crippen LogP contribution >= 0.6 is 0 Å². The van der Waals surface area contributed by atoms with E-state index in [1.165, 1.54) is 16.8 Å². The molecule has 11 heteroatoms. The molecule has 3 heterocycles. The fourth-order valence-electron chi connectivity index (χ4n) is 4.26. The molecule has 0 unspecified atom stereocenters. The van der Waals surface area contributed by atoms with Crippen LogP contribution in [-0.2, 0) is 16.6 Å². The van der Waals surface area contributed by atoms with E-state index in [4.69, 9.17) is 0 Å². The summed E-state index contributed by atoms with van der Waals surface area (Å²) in [5.41, 5.74) is 0.569. The van der Waals surface area contributed by atoms with Crippen molar-refractivity contribution in [2.24, 2.45) is 10.3 Å². The Balaban J connectivity index is 1.67. The molecule has 0 radical (unpaired) electrons. The van der Waals surface area contributed by atoms with Crippen LogP contribution in [-0.4, -0.2) is 34.8 Å². The van der Waals surface area contributed by atoms with Gasteiger partial charge in [0.15, 0.2) is 5.84 Å². The smallest absolute Gasteiger partial charge is 0.286 e. The number of anilines is 2. The number of aromatic nitrogens is 2. The van der Waals surface area contributed by atoms with Crippen molar-refractivity contribution >= 4 is 44.0 Å². The fraction of sp³-hybridized carbons (Fsp3) is 0.185. The molecule has 0 aliphatic carbocycles. The molecule has 0 saturated carbocycles. The third-order valence-electron chi connectivity index (χ3n) is 6.22. The SMILES string of the molecule is CC(C)CCn1c(=O)c(C2=NS(=O)(=O)c3ccccc3N2)c(O)c2cc(NC(=O)c3cccnc3)ccc21. The van der Waals surface area contributed by atoms with Gasteiger partial charge in [0.1, 0.15) is 16.2 Å². The number of aromatic hydroxyl groups is 1. The van der Waals surface area contributed by atoms with Crippen LogP contribution in [0.3, 0.4) is 0 Å². The van der Waals surface area contributed by atoms with Gasteiger partial charge in [0.2, 0.25) is 0 Å². The minimum Gasteiger partial charge on any atom is -0.506 e. The predicted octanol–water partition coefficient (Wildman–Crippen LogP) is 3.96. The molecule has 2 aromatic heterocycles. The Labute approximate surface area is 218 Å². The molecule has 3 N–H and O–H groups in total. The van der Waals surface area contributed by atoms with Gasteiger partial charge in [-0.15, -0.1) is 4.40 Å². The first-order chi connectivity index (χ1) is 18.2. The first-order valence-corrected chi connectivity index (χ1v) is 13.4. The first-order valence-electron chi connectivity index (χ1n) is 12.0. The first kappa shape index (κ1) is 25.2. The van der Waals surface area contributed by atoms with Crippen molar-refractivity contribution in [3.63, 3.8) is 0 Å². The second-order valence-electron chi connectivity index (χ2n) is 9.33. The molecular weight excluding hydrogens is 506 g/mol. The van der Waals surface area contributed by atoms with Crippen molar-refractivity contribution in [2.45, 2.75) is 31.7 Å². The summed E-state index contributed by atoms with van der Waals surface area (Å²) in [7, 11) is -4.12. The van der Waals surface area contributed by atoms with E-state index in [9.17, 15) is 23.1 Å². The number of carbonyl (C=O) groups excluding carboxylic acids is 1. The summed E-state index contributed by atoms with van der Waals surface area (Å²) >= 11 is 0. The minimum atomic E-state index is -4.12. The quantitative estimate of drug-likeness (QED) is 0.342. The highest BCUT2D eigenvalue weighted by molar-refractivity contribution is 7.90. The Morgan fingerprint density at radius 1 is 1.13 bits per heavy atom. The Morgan fingerprint density at radius 2 is 1.92 bits per heavy atom. The van der Waals surface area contributed by atoms with E-state index < -0.39 is 27.2 Å². The molecular formula is C27H25N5O5S. The summed E-state index contributed by atoms with van der Waals surface area (Å²) in [5.74, 6) is -0.823. The summed E-state index contributed by atoms with van der Waals surface area (Å²) in [6, 6.07) is 14.3. The van der Waals surface area contributed by atoms with Gasteiger partial charge in [0, 0.05) is 30.0 Å². The lowest BCUT2D eigenvalue weighted by atomic mass is 10.1. The molecule has 0 saturated heterocycles. The Bertz CT molecular complexity index is 1760. The van der Waals surface area contributed by atoms with Gasteiger partial charge in [-0.05, 0) is 54.8 Å². The number of hydrogen-bond donors (Lipinski definition) is 3. The van der Waals surface area contributed by atoms with E-state index in [1.54, 1.807) is 54.7 Å². The Morgan fingerprint density at radius 3 is 2.66 bits per heavy atom. The van der Waals surface area contributed by atoms with Crippen molar-refractivity contribution in [2.75, 3.05) is 10.6 Å². The van der Waals surface area contributed by atoms with E-state index >= 15 is 0 Å². The van der Waals surface area contributed by atoms with Crippen LogP contribution in [0.15, 0.2) is 81.1 Å². The number of hydrogen-bond acceptors (Lipinski definition) is 7. The van der Waals surface area contributed by atoms with Gasteiger partial charge >= 0.3 is 0 Å². The third kappa shape index (κ3) is 4.63. The number of carbonyl (C=O) groups is 1. The summed E-state index contributed by atoms with van der Waals surface area (Å²) in [4.78, 5) is 30.3. The van der Waals surface area contributed by atoms with Crippen LogP contribution in [0.1, 0.15) is 36.2 Å². The summed E-state index contributed by atoms with van der Waals surface area (Å²) in [6.07, 6.45) is 3.66. The van der Waals surface area contributed by atoms with Gasteiger partial charge in [-0.3, -0.25) is 14.6 Å². The summed E-state index contributed by atoms with van der Waals surface area (Å²) in [5, 5.41) is 17.2. The van der Waals surface area contributed by atoms with E-state index in [-0.39, 0.29) is 33.3 Å². The molecule has 38 heavy (non-hydrogen) atoms. The number of benzene rings is 2. The molecule has 10 nitrogen and oxygen atoms in total. The molecule has 4 aromatic rings. The number of amidine groups is 1. The number of amides is 1. The van der Waals surface area contributed by atoms with Crippen LogP contribution in [0, 0.1) is 5.92 Å². The van der Waals surface area contributed by atoms with Gasteiger partial charge < -0.3 is 20.3 Å². The van der Waals surface area contributed by atoms with Crippen molar-refractivity contribution in [1.29, 1.82) is 0 Å². The highest BCUT2D eigenvalue weighted by atomic mass is 32.2. The van der Waals surface area contributed by atoms with Crippen molar-refractivity contribution in [3.05, 3.63) is 88.5 Å². The molecule has 1 aliphatic rings. The molecule has 1 amide bonds. The lowest BCUT2D eigenvalue weighted by molar-refractivity contribution is 0.102. The normalized spacial score (nSPS) is 14.0. The number of nitrogens with zero attached hydrogens (tertiary/aromatic N) is 3. The summed E-state index contributed by atoms with van der Waals surface area (Å²) in [6.45, 7) is 4.38. The maximum absolute atomic E-state index is 13.7. The Kier molecular flexibility index (Phi) is 6.45. The molecule has 0 spiro atoms. The number of fused-ring (bicyclic) bond motifs is 2. The highest BCUT2D eigenvalue weighted by Gasteiger charge is 2.29. The second kappa shape index (κ2) is 9.75. The second-order valence-corrected chi connectivity index (χ2v) is 10.9. The molecule has 1 aliphatic heterocycles. The van der Waals surface area contributed by atoms with Crippen molar-refractivity contribution < 1.29 is 18.3 Å². The monoisotopic (exact) mass is 531 g/mol. The van der Waals surface area contributed by atoms with Gasteiger partial charge in [-0.25, -0.2) is 0 Å². The molecule has 0 bridgehead atoms. The molecule has 0 fully saturated rings. The number of pyridine rings is 2. The lowest BCUT2D eigenvalue weighted by Gasteiger charge is -2.21. The highest BCUT2D eigenvalue weighted by Crippen LogP contribution is 2.33. The number of para-hydroxylation sites is 1. The number of rotatable bonds is 6. The lowest BCUT2D eigenvalue weighted by Crippen LogP contribution is -2.33. The van der Waals surface area contributed by atoms with E-state index in [1.807, 2.05) is 13.8 Å². The zero-order valence-electron chi connectivity index (χ0n) is 20.7. The average Bonchev–Trinajstić information content (AvgIpc) is 2.89. The average molecular weight is 532 g/mol. The van der Waals surface area contributed by atoms with Crippen LogP contribution in [0.2, 0.25) is 0 Å². The van der Waals surface area contributed by atoms with Gasteiger partial charge in [0.25, 0.3) is 21.5 Å². The van der Waals surface area contributed by atoms with E-state index in [0.29, 0.717) is 29.7 Å². The minimum absolute atomic E-state index is 0.0236. The van der Waals surface area contributed by atoms with Crippen LogP contribution in [0.25, 0.3) is 10.9 Å².